The van der Waals surface area contributed by atoms with Crippen LogP contribution in [0.15, 0.2) is 36.4 Å². The third kappa shape index (κ3) is 4.20. The number of methoxy groups -OCH3 is 1. The fraction of sp³-hybridized carbons (Fsp3) is 0.316. The van der Waals surface area contributed by atoms with Crippen LogP contribution in [0.5, 0.6) is 11.5 Å². The van der Waals surface area contributed by atoms with Crippen LogP contribution in [0.1, 0.15) is 36.2 Å². The van der Waals surface area contributed by atoms with E-state index in [0.717, 1.165) is 24.1 Å². The van der Waals surface area contributed by atoms with Crippen molar-refractivity contribution in [3.63, 3.8) is 0 Å². The lowest BCUT2D eigenvalue weighted by Gasteiger charge is -2.14. The van der Waals surface area contributed by atoms with Crippen molar-refractivity contribution in [2.75, 3.05) is 19.0 Å². The number of halogens is 1. The highest BCUT2D eigenvalue weighted by molar-refractivity contribution is 6.32. The number of nitrogens with one attached hydrogen (secondary N) is 1. The highest BCUT2D eigenvalue weighted by Crippen LogP contribution is 2.36. The molecular formula is C19H22ClNO3. The maximum absolute atomic E-state index is 12.6. The van der Waals surface area contributed by atoms with E-state index in [9.17, 15) is 4.79 Å². The third-order valence-electron chi connectivity index (χ3n) is 3.59. The van der Waals surface area contributed by atoms with E-state index < -0.39 is 0 Å². The Labute approximate surface area is 147 Å². The van der Waals surface area contributed by atoms with Gasteiger partial charge in [-0.05, 0) is 36.6 Å². The van der Waals surface area contributed by atoms with Gasteiger partial charge in [0.05, 0.1) is 18.7 Å². The van der Waals surface area contributed by atoms with E-state index >= 15 is 0 Å². The molecule has 1 amide bonds. The SMILES string of the molecule is CCCOc1c(Cl)cc(C(=O)Nc2ccccc2CC)cc1OC. The molecule has 2 rings (SSSR count). The summed E-state index contributed by atoms with van der Waals surface area (Å²) >= 11 is 6.27. The van der Waals surface area contributed by atoms with Gasteiger partial charge in [0.25, 0.3) is 5.91 Å². The average Bonchev–Trinajstić information content (AvgIpc) is 2.60. The van der Waals surface area contributed by atoms with Gasteiger partial charge in [-0.1, -0.05) is 43.6 Å². The number of anilines is 1. The molecule has 0 bridgehead atoms. The Kier molecular flexibility index (Phi) is 6.50. The summed E-state index contributed by atoms with van der Waals surface area (Å²) in [5.74, 6) is 0.676. The summed E-state index contributed by atoms with van der Waals surface area (Å²) in [5.41, 5.74) is 2.30. The minimum absolute atomic E-state index is 0.238. The summed E-state index contributed by atoms with van der Waals surface area (Å²) in [6.07, 6.45) is 1.69. The zero-order chi connectivity index (χ0) is 17.5. The Hall–Kier alpha value is -2.20. The summed E-state index contributed by atoms with van der Waals surface area (Å²) in [6, 6.07) is 11.0. The van der Waals surface area contributed by atoms with Gasteiger partial charge in [0, 0.05) is 11.3 Å². The summed E-state index contributed by atoms with van der Waals surface area (Å²) in [4.78, 5) is 12.6. The van der Waals surface area contributed by atoms with E-state index in [1.807, 2.05) is 38.1 Å². The smallest absolute Gasteiger partial charge is 0.255 e. The molecule has 0 saturated heterocycles. The Morgan fingerprint density at radius 1 is 1.21 bits per heavy atom. The second-order valence-corrected chi connectivity index (χ2v) is 5.71. The van der Waals surface area contributed by atoms with Crippen LogP contribution in [0, 0.1) is 0 Å². The molecule has 4 nitrogen and oxygen atoms in total. The van der Waals surface area contributed by atoms with Gasteiger partial charge in [-0.15, -0.1) is 0 Å². The number of hydrogen-bond donors (Lipinski definition) is 1. The number of ether oxygens (including phenoxy) is 2. The van der Waals surface area contributed by atoms with Crippen LogP contribution >= 0.6 is 11.6 Å². The van der Waals surface area contributed by atoms with Gasteiger partial charge >= 0.3 is 0 Å². The van der Waals surface area contributed by atoms with Gasteiger partial charge in [-0.3, -0.25) is 4.79 Å². The van der Waals surface area contributed by atoms with Crippen molar-refractivity contribution in [3.05, 3.63) is 52.5 Å². The maximum atomic E-state index is 12.6. The molecule has 0 spiro atoms. The normalized spacial score (nSPS) is 10.3. The van der Waals surface area contributed by atoms with Crippen molar-refractivity contribution < 1.29 is 14.3 Å². The fourth-order valence-electron chi connectivity index (χ4n) is 2.34. The van der Waals surface area contributed by atoms with Crippen LogP contribution in [0.2, 0.25) is 5.02 Å². The molecule has 2 aromatic carbocycles. The van der Waals surface area contributed by atoms with E-state index in [1.165, 1.54) is 7.11 Å². The monoisotopic (exact) mass is 347 g/mol. The molecule has 24 heavy (non-hydrogen) atoms. The largest absolute Gasteiger partial charge is 0.493 e. The summed E-state index contributed by atoms with van der Waals surface area (Å²) in [5, 5.41) is 3.28. The molecule has 0 aliphatic carbocycles. The van der Waals surface area contributed by atoms with E-state index in [0.29, 0.717) is 28.7 Å². The highest BCUT2D eigenvalue weighted by Gasteiger charge is 2.16. The van der Waals surface area contributed by atoms with Gasteiger partial charge in [-0.2, -0.15) is 0 Å². The predicted molar refractivity (Wildman–Crippen MR) is 97.6 cm³/mol. The third-order valence-corrected chi connectivity index (χ3v) is 3.87. The lowest BCUT2D eigenvalue weighted by molar-refractivity contribution is 0.102. The van der Waals surface area contributed by atoms with Crippen molar-refractivity contribution in [2.24, 2.45) is 0 Å². The van der Waals surface area contributed by atoms with Crippen molar-refractivity contribution >= 4 is 23.2 Å². The minimum Gasteiger partial charge on any atom is -0.493 e. The van der Waals surface area contributed by atoms with Crippen LogP contribution in [0.4, 0.5) is 5.69 Å². The standard InChI is InChI=1S/C19H22ClNO3/c1-4-10-24-18-15(20)11-14(12-17(18)23-3)19(22)21-16-9-7-6-8-13(16)5-2/h6-9,11-12H,4-5,10H2,1-3H3,(H,21,22). The zero-order valence-electron chi connectivity index (χ0n) is 14.2. The molecule has 0 radical (unpaired) electrons. The van der Waals surface area contributed by atoms with E-state index in [2.05, 4.69) is 5.32 Å². The molecular weight excluding hydrogens is 326 g/mol. The molecule has 1 N–H and O–H groups in total. The van der Waals surface area contributed by atoms with Crippen LogP contribution < -0.4 is 14.8 Å². The molecule has 0 aliphatic heterocycles. The molecule has 2 aromatic rings. The lowest BCUT2D eigenvalue weighted by atomic mass is 10.1. The lowest BCUT2D eigenvalue weighted by Crippen LogP contribution is -2.13. The molecule has 0 aromatic heterocycles. The van der Waals surface area contributed by atoms with Crippen LogP contribution in [0.3, 0.4) is 0 Å². The first kappa shape index (κ1) is 18.1. The topological polar surface area (TPSA) is 47.6 Å². The van der Waals surface area contributed by atoms with Crippen LogP contribution in [-0.4, -0.2) is 19.6 Å². The zero-order valence-corrected chi connectivity index (χ0v) is 14.9. The molecule has 0 aliphatic rings. The van der Waals surface area contributed by atoms with E-state index in [1.54, 1.807) is 12.1 Å². The Balaban J connectivity index is 2.28. The predicted octanol–water partition coefficient (Wildman–Crippen LogP) is 4.95. The van der Waals surface area contributed by atoms with Gasteiger partial charge in [0.2, 0.25) is 0 Å². The Morgan fingerprint density at radius 3 is 2.62 bits per heavy atom. The number of para-hydroxylation sites is 1. The number of carbonyl (C=O) groups is 1. The number of aryl methyl sites for hydroxylation is 1. The Bertz CT molecular complexity index is 716. The second kappa shape index (κ2) is 8.60. The maximum Gasteiger partial charge on any atom is 0.255 e. The van der Waals surface area contributed by atoms with Gasteiger partial charge in [-0.25, -0.2) is 0 Å². The molecule has 0 atom stereocenters. The van der Waals surface area contributed by atoms with Gasteiger partial charge < -0.3 is 14.8 Å². The molecule has 0 fully saturated rings. The summed E-state index contributed by atoms with van der Waals surface area (Å²) < 4.78 is 10.9. The van der Waals surface area contributed by atoms with Crippen LogP contribution in [0.25, 0.3) is 0 Å². The van der Waals surface area contributed by atoms with Gasteiger partial charge in [0.15, 0.2) is 11.5 Å². The average molecular weight is 348 g/mol. The first-order chi connectivity index (χ1) is 11.6. The Morgan fingerprint density at radius 2 is 1.96 bits per heavy atom. The van der Waals surface area contributed by atoms with Crippen LogP contribution in [-0.2, 0) is 6.42 Å². The number of amides is 1. The number of carbonyl (C=O) groups excluding carboxylic acids is 1. The minimum atomic E-state index is -0.238. The second-order valence-electron chi connectivity index (χ2n) is 5.30. The first-order valence-electron chi connectivity index (χ1n) is 8.00. The highest BCUT2D eigenvalue weighted by atomic mass is 35.5. The fourth-order valence-corrected chi connectivity index (χ4v) is 2.61. The van der Waals surface area contributed by atoms with Crippen molar-refractivity contribution in [2.45, 2.75) is 26.7 Å². The first-order valence-corrected chi connectivity index (χ1v) is 8.38. The quantitative estimate of drug-likeness (QED) is 0.770. The van der Waals surface area contributed by atoms with Crippen molar-refractivity contribution in [3.8, 4) is 11.5 Å². The van der Waals surface area contributed by atoms with E-state index in [-0.39, 0.29) is 5.91 Å². The molecule has 5 heteroatoms. The van der Waals surface area contributed by atoms with E-state index in [4.69, 9.17) is 21.1 Å². The number of rotatable bonds is 7. The number of benzene rings is 2. The van der Waals surface area contributed by atoms with Crippen molar-refractivity contribution in [1.29, 1.82) is 0 Å². The molecule has 0 unspecified atom stereocenters. The molecule has 0 saturated carbocycles. The number of hydrogen-bond acceptors (Lipinski definition) is 3. The summed E-state index contributed by atoms with van der Waals surface area (Å²) in [6.45, 7) is 4.59. The molecule has 0 heterocycles. The summed E-state index contributed by atoms with van der Waals surface area (Å²) in [7, 11) is 1.53. The molecule has 128 valence electrons. The van der Waals surface area contributed by atoms with Gasteiger partial charge in [0.1, 0.15) is 0 Å². The van der Waals surface area contributed by atoms with Crippen molar-refractivity contribution in [1.82, 2.24) is 0 Å².